The van der Waals surface area contributed by atoms with Crippen molar-refractivity contribution in [2.75, 3.05) is 19.8 Å². The van der Waals surface area contributed by atoms with Gasteiger partial charge in [0.1, 0.15) is 18.0 Å². The first-order valence-electron chi connectivity index (χ1n) is 9.43. The third-order valence-corrected chi connectivity index (χ3v) is 4.80. The molecule has 0 spiro atoms. The minimum atomic E-state index is -0.497. The number of amides is 1. The fourth-order valence-electron chi connectivity index (χ4n) is 3.15. The molecule has 2 heterocycles. The highest BCUT2D eigenvalue weighted by Crippen LogP contribution is 2.47. The molecule has 0 bridgehead atoms. The topological polar surface area (TPSA) is 78.0 Å². The van der Waals surface area contributed by atoms with Crippen LogP contribution >= 0.6 is 0 Å². The average Bonchev–Trinajstić information content (AvgIpc) is 3.30. The van der Waals surface area contributed by atoms with E-state index >= 15 is 0 Å². The lowest BCUT2D eigenvalue weighted by Crippen LogP contribution is -2.55. The van der Waals surface area contributed by atoms with Gasteiger partial charge in [0, 0.05) is 25.6 Å². The zero-order chi connectivity index (χ0) is 19.6. The Labute approximate surface area is 160 Å². The molecular formula is C20H28N2O5. The highest BCUT2D eigenvalue weighted by Gasteiger charge is 2.40. The zero-order valence-electron chi connectivity index (χ0n) is 16.4. The predicted molar refractivity (Wildman–Crippen MR) is 98.6 cm³/mol. The Morgan fingerprint density at radius 3 is 2.67 bits per heavy atom. The van der Waals surface area contributed by atoms with Gasteiger partial charge in [-0.25, -0.2) is 4.79 Å². The highest BCUT2D eigenvalue weighted by atomic mass is 16.6. The maximum absolute atomic E-state index is 12.2. The fraction of sp³-hybridized carbons (Fsp3) is 0.650. The minimum absolute atomic E-state index is 0.0288. The van der Waals surface area contributed by atoms with Crippen LogP contribution in [0.3, 0.4) is 0 Å². The summed E-state index contributed by atoms with van der Waals surface area (Å²) in [6.45, 7) is 8.58. The summed E-state index contributed by atoms with van der Waals surface area (Å²) >= 11 is 0. The number of esters is 1. The van der Waals surface area contributed by atoms with Gasteiger partial charge >= 0.3 is 12.1 Å². The van der Waals surface area contributed by atoms with E-state index in [2.05, 4.69) is 4.98 Å². The van der Waals surface area contributed by atoms with Gasteiger partial charge in [-0.3, -0.25) is 9.78 Å². The number of carbonyl (C=O) groups is 2. The molecule has 7 heteroatoms. The molecule has 7 nitrogen and oxygen atoms in total. The molecule has 27 heavy (non-hydrogen) atoms. The van der Waals surface area contributed by atoms with Crippen molar-refractivity contribution in [1.82, 2.24) is 9.88 Å². The molecule has 1 aliphatic heterocycles. The van der Waals surface area contributed by atoms with E-state index in [1.807, 2.05) is 33.0 Å². The molecule has 1 aromatic rings. The Hall–Kier alpha value is -2.31. The lowest BCUT2D eigenvalue weighted by Gasteiger charge is -2.40. The Balaban J connectivity index is 1.48. The molecule has 0 radical (unpaired) electrons. The number of hydrogen-bond donors (Lipinski definition) is 0. The van der Waals surface area contributed by atoms with Gasteiger partial charge in [0.2, 0.25) is 0 Å². The molecule has 148 valence electrons. The van der Waals surface area contributed by atoms with Gasteiger partial charge < -0.3 is 19.1 Å². The molecule has 1 saturated carbocycles. The molecule has 0 N–H and O–H groups in total. The van der Waals surface area contributed by atoms with Gasteiger partial charge in [0.05, 0.1) is 18.8 Å². The number of ether oxygens (including phenoxy) is 3. The summed E-state index contributed by atoms with van der Waals surface area (Å²) in [5.41, 5.74) is 0.603. The van der Waals surface area contributed by atoms with Gasteiger partial charge in [-0.15, -0.1) is 0 Å². The van der Waals surface area contributed by atoms with E-state index in [0.29, 0.717) is 37.3 Å². The summed E-state index contributed by atoms with van der Waals surface area (Å²) in [5, 5.41) is 0. The van der Waals surface area contributed by atoms with Crippen molar-refractivity contribution in [3.8, 4) is 5.75 Å². The first-order chi connectivity index (χ1) is 12.7. The van der Waals surface area contributed by atoms with Crippen LogP contribution in [-0.2, 0) is 14.3 Å². The summed E-state index contributed by atoms with van der Waals surface area (Å²) in [6, 6.07) is 2.02. The normalized spacial score (nSPS) is 24.0. The van der Waals surface area contributed by atoms with Gasteiger partial charge in [0.15, 0.2) is 0 Å². The highest BCUT2D eigenvalue weighted by molar-refractivity contribution is 5.69. The van der Waals surface area contributed by atoms with E-state index in [1.165, 1.54) is 6.92 Å². The Morgan fingerprint density at radius 2 is 2.04 bits per heavy atom. The van der Waals surface area contributed by atoms with Gasteiger partial charge in [0.25, 0.3) is 0 Å². The van der Waals surface area contributed by atoms with Crippen LogP contribution in [0.15, 0.2) is 18.5 Å². The van der Waals surface area contributed by atoms with Crippen LogP contribution in [0.2, 0.25) is 0 Å². The summed E-state index contributed by atoms with van der Waals surface area (Å²) in [5.74, 6) is 1.18. The van der Waals surface area contributed by atoms with E-state index in [4.69, 9.17) is 14.2 Å². The third kappa shape index (κ3) is 5.34. The van der Waals surface area contributed by atoms with E-state index < -0.39 is 5.60 Å². The molecule has 0 unspecified atom stereocenters. The first-order valence-corrected chi connectivity index (χ1v) is 9.43. The quantitative estimate of drug-likeness (QED) is 0.710. The monoisotopic (exact) mass is 376 g/mol. The van der Waals surface area contributed by atoms with Crippen LogP contribution in [-0.4, -0.2) is 53.3 Å². The average molecular weight is 376 g/mol. The molecule has 3 atom stereocenters. The minimum Gasteiger partial charge on any atom is -0.490 e. The Bertz CT molecular complexity index is 700. The number of pyridine rings is 1. The molecule has 1 saturated heterocycles. The molecular weight excluding hydrogens is 348 g/mol. The van der Waals surface area contributed by atoms with Gasteiger partial charge in [-0.2, -0.15) is 0 Å². The van der Waals surface area contributed by atoms with Crippen LogP contribution < -0.4 is 4.74 Å². The lowest BCUT2D eigenvalue weighted by atomic mass is 10.1. The summed E-state index contributed by atoms with van der Waals surface area (Å²) in [6.07, 6.45) is 5.12. The molecule has 1 amide bonds. The molecule has 3 rings (SSSR count). The number of hydrogen-bond acceptors (Lipinski definition) is 6. The summed E-state index contributed by atoms with van der Waals surface area (Å²) < 4.78 is 16.4. The standard InChI is InChI=1S/C20H28N2O5/c1-13(23)25-11-15-8-18(15)14-7-17(10-21-9-14)26-12-16-5-6-22(16)19(24)27-20(2,3)4/h7,9-10,15-16,18H,5-6,8,11-12H2,1-4H3/t15-,16-,18+/m0/s1. The summed E-state index contributed by atoms with van der Waals surface area (Å²) in [4.78, 5) is 29.0. The van der Waals surface area contributed by atoms with Crippen molar-refractivity contribution in [3.63, 3.8) is 0 Å². The third-order valence-electron chi connectivity index (χ3n) is 4.80. The van der Waals surface area contributed by atoms with Crippen LogP contribution in [0, 0.1) is 5.92 Å². The van der Waals surface area contributed by atoms with Gasteiger partial charge in [-0.1, -0.05) is 0 Å². The number of nitrogens with zero attached hydrogens (tertiary/aromatic N) is 2. The summed E-state index contributed by atoms with van der Waals surface area (Å²) in [7, 11) is 0. The van der Waals surface area contributed by atoms with Crippen molar-refractivity contribution in [1.29, 1.82) is 0 Å². The second kappa shape index (κ2) is 7.74. The maximum Gasteiger partial charge on any atom is 0.410 e. The van der Waals surface area contributed by atoms with E-state index in [0.717, 1.165) is 18.4 Å². The predicted octanol–water partition coefficient (Wildman–Crippen LogP) is 3.14. The lowest BCUT2D eigenvalue weighted by molar-refractivity contribution is -0.141. The number of aromatic nitrogens is 1. The van der Waals surface area contributed by atoms with Crippen molar-refractivity contribution in [2.24, 2.45) is 5.92 Å². The largest absolute Gasteiger partial charge is 0.490 e. The molecule has 1 aromatic heterocycles. The Kier molecular flexibility index (Phi) is 5.58. The zero-order valence-corrected chi connectivity index (χ0v) is 16.4. The molecule has 2 aliphatic rings. The van der Waals surface area contributed by atoms with Crippen molar-refractivity contribution in [2.45, 2.75) is 58.1 Å². The fourth-order valence-corrected chi connectivity index (χ4v) is 3.15. The maximum atomic E-state index is 12.2. The number of carbonyl (C=O) groups excluding carboxylic acids is 2. The van der Waals surface area contributed by atoms with Gasteiger partial charge in [-0.05, 0) is 51.2 Å². The molecule has 1 aliphatic carbocycles. The second-order valence-electron chi connectivity index (χ2n) is 8.29. The van der Waals surface area contributed by atoms with Crippen molar-refractivity contribution >= 4 is 12.1 Å². The van der Waals surface area contributed by atoms with Crippen molar-refractivity contribution in [3.05, 3.63) is 24.0 Å². The van der Waals surface area contributed by atoms with Crippen LogP contribution in [0.1, 0.15) is 52.0 Å². The smallest absolute Gasteiger partial charge is 0.410 e. The second-order valence-corrected chi connectivity index (χ2v) is 8.29. The van der Waals surface area contributed by atoms with E-state index in [-0.39, 0.29) is 18.1 Å². The first kappa shape index (κ1) is 19.5. The van der Waals surface area contributed by atoms with E-state index in [9.17, 15) is 9.59 Å². The van der Waals surface area contributed by atoms with E-state index in [1.54, 1.807) is 11.1 Å². The number of rotatable bonds is 6. The number of likely N-dealkylation sites (tertiary alicyclic amines) is 1. The Morgan fingerprint density at radius 1 is 1.26 bits per heavy atom. The van der Waals surface area contributed by atoms with Crippen molar-refractivity contribution < 1.29 is 23.8 Å². The van der Waals surface area contributed by atoms with Crippen LogP contribution in [0.4, 0.5) is 4.79 Å². The molecule has 0 aromatic carbocycles. The van der Waals surface area contributed by atoms with Crippen LogP contribution in [0.25, 0.3) is 0 Å². The van der Waals surface area contributed by atoms with Crippen LogP contribution in [0.5, 0.6) is 5.75 Å². The molecule has 2 fully saturated rings. The SMILES string of the molecule is CC(=O)OC[C@@H]1C[C@@H]1c1cncc(OC[C@@H]2CCN2C(=O)OC(C)(C)C)c1.